The van der Waals surface area contributed by atoms with Crippen molar-refractivity contribution in [2.45, 2.75) is 25.9 Å². The number of carbonyl (C=O) groups excluding carboxylic acids is 1. The monoisotopic (exact) mass is 202 g/mol. The quantitative estimate of drug-likeness (QED) is 0.609. The molecule has 0 aromatic rings. The SMILES string of the molecule is COCC[NH+]1CCC(OC(C)=O)CC1. The number of hydrogen-bond acceptors (Lipinski definition) is 3. The number of methoxy groups -OCH3 is 1. The summed E-state index contributed by atoms with van der Waals surface area (Å²) in [4.78, 5) is 12.3. The van der Waals surface area contributed by atoms with E-state index in [0.29, 0.717) is 0 Å². The van der Waals surface area contributed by atoms with Crippen molar-refractivity contribution in [2.75, 3.05) is 33.4 Å². The highest BCUT2D eigenvalue weighted by Gasteiger charge is 2.23. The third kappa shape index (κ3) is 4.07. The van der Waals surface area contributed by atoms with Crippen LogP contribution in [0.25, 0.3) is 0 Å². The number of rotatable bonds is 4. The molecule has 0 bridgehead atoms. The molecule has 0 atom stereocenters. The van der Waals surface area contributed by atoms with E-state index in [9.17, 15) is 4.79 Å². The zero-order valence-corrected chi connectivity index (χ0v) is 9.04. The van der Waals surface area contributed by atoms with Crippen molar-refractivity contribution in [3.63, 3.8) is 0 Å². The predicted octanol–water partition coefficient (Wildman–Crippen LogP) is -0.757. The predicted molar refractivity (Wildman–Crippen MR) is 52.2 cm³/mol. The summed E-state index contributed by atoms with van der Waals surface area (Å²) >= 11 is 0. The topological polar surface area (TPSA) is 40.0 Å². The average Bonchev–Trinajstić information content (AvgIpc) is 2.16. The van der Waals surface area contributed by atoms with Gasteiger partial charge in [-0.1, -0.05) is 0 Å². The number of likely N-dealkylation sites (tertiary alicyclic amines) is 1. The minimum absolute atomic E-state index is 0.152. The molecule has 1 heterocycles. The fourth-order valence-corrected chi connectivity index (χ4v) is 1.85. The minimum atomic E-state index is -0.157. The molecule has 0 saturated carbocycles. The van der Waals surface area contributed by atoms with E-state index in [1.807, 2.05) is 0 Å². The Bertz CT molecular complexity index is 176. The highest BCUT2D eigenvalue weighted by molar-refractivity contribution is 5.66. The van der Waals surface area contributed by atoms with Gasteiger partial charge in [0.1, 0.15) is 12.6 Å². The van der Waals surface area contributed by atoms with Crippen LogP contribution >= 0.6 is 0 Å². The third-order valence-electron chi connectivity index (χ3n) is 2.63. The summed E-state index contributed by atoms with van der Waals surface area (Å²) < 4.78 is 10.2. The summed E-state index contributed by atoms with van der Waals surface area (Å²) in [6.45, 7) is 5.52. The van der Waals surface area contributed by atoms with Crippen molar-refractivity contribution >= 4 is 5.97 Å². The van der Waals surface area contributed by atoms with E-state index in [-0.39, 0.29) is 12.1 Å². The van der Waals surface area contributed by atoms with E-state index in [1.54, 1.807) is 12.0 Å². The van der Waals surface area contributed by atoms with Gasteiger partial charge in [-0.25, -0.2) is 0 Å². The Hall–Kier alpha value is -0.610. The molecule has 0 aromatic carbocycles. The van der Waals surface area contributed by atoms with Gasteiger partial charge >= 0.3 is 5.97 Å². The van der Waals surface area contributed by atoms with Crippen molar-refractivity contribution in [1.82, 2.24) is 0 Å². The van der Waals surface area contributed by atoms with Gasteiger partial charge in [-0.05, 0) is 0 Å². The molecule has 82 valence electrons. The van der Waals surface area contributed by atoms with Gasteiger partial charge in [-0.2, -0.15) is 0 Å². The Labute approximate surface area is 85.2 Å². The van der Waals surface area contributed by atoms with E-state index in [2.05, 4.69) is 0 Å². The lowest BCUT2D eigenvalue weighted by molar-refractivity contribution is -0.906. The maximum absolute atomic E-state index is 10.7. The Balaban J connectivity index is 2.14. The summed E-state index contributed by atoms with van der Waals surface area (Å²) in [6.07, 6.45) is 2.12. The molecule has 4 nitrogen and oxygen atoms in total. The lowest BCUT2D eigenvalue weighted by Crippen LogP contribution is -3.13. The second-order valence-corrected chi connectivity index (χ2v) is 3.80. The van der Waals surface area contributed by atoms with Crippen molar-refractivity contribution in [3.05, 3.63) is 0 Å². The normalized spacial score (nSPS) is 27.3. The molecular weight excluding hydrogens is 182 g/mol. The van der Waals surface area contributed by atoms with Gasteiger partial charge in [0.25, 0.3) is 0 Å². The van der Waals surface area contributed by atoms with Crippen molar-refractivity contribution in [1.29, 1.82) is 0 Å². The molecular formula is C10H20NO3+. The molecule has 0 aliphatic carbocycles. The molecule has 0 amide bonds. The molecule has 4 heteroatoms. The number of nitrogens with one attached hydrogen (secondary N) is 1. The summed E-state index contributed by atoms with van der Waals surface area (Å²) in [5, 5.41) is 0. The van der Waals surface area contributed by atoms with Gasteiger partial charge < -0.3 is 14.4 Å². The first-order valence-electron chi connectivity index (χ1n) is 5.22. The van der Waals surface area contributed by atoms with Crippen LogP contribution in [0.3, 0.4) is 0 Å². The van der Waals surface area contributed by atoms with Crippen LogP contribution in [-0.2, 0) is 14.3 Å². The van der Waals surface area contributed by atoms with Gasteiger partial charge in [0, 0.05) is 26.9 Å². The molecule has 14 heavy (non-hydrogen) atoms. The lowest BCUT2D eigenvalue weighted by Gasteiger charge is -2.28. The smallest absolute Gasteiger partial charge is 0.302 e. The van der Waals surface area contributed by atoms with Crippen LogP contribution in [0.4, 0.5) is 0 Å². The fourth-order valence-electron chi connectivity index (χ4n) is 1.85. The second kappa shape index (κ2) is 5.98. The van der Waals surface area contributed by atoms with Crippen LogP contribution in [0.1, 0.15) is 19.8 Å². The molecule has 0 radical (unpaired) electrons. The van der Waals surface area contributed by atoms with Crippen LogP contribution in [-0.4, -0.2) is 45.4 Å². The summed E-state index contributed by atoms with van der Waals surface area (Å²) in [5.41, 5.74) is 0. The largest absolute Gasteiger partial charge is 0.462 e. The highest BCUT2D eigenvalue weighted by atomic mass is 16.5. The van der Waals surface area contributed by atoms with Crippen molar-refractivity contribution in [2.24, 2.45) is 0 Å². The first-order valence-corrected chi connectivity index (χ1v) is 5.22. The molecule has 1 aliphatic heterocycles. The summed E-state index contributed by atoms with van der Waals surface area (Å²) in [7, 11) is 1.73. The number of ether oxygens (including phenoxy) is 2. The van der Waals surface area contributed by atoms with E-state index < -0.39 is 0 Å². The molecule has 1 fully saturated rings. The number of piperidine rings is 1. The first-order chi connectivity index (χ1) is 6.72. The molecule has 0 spiro atoms. The fraction of sp³-hybridized carbons (Fsp3) is 0.900. The van der Waals surface area contributed by atoms with E-state index in [1.165, 1.54) is 6.92 Å². The van der Waals surface area contributed by atoms with Gasteiger partial charge in [0.15, 0.2) is 0 Å². The Morgan fingerprint density at radius 2 is 2.07 bits per heavy atom. The Morgan fingerprint density at radius 1 is 1.43 bits per heavy atom. The zero-order valence-electron chi connectivity index (χ0n) is 9.04. The lowest BCUT2D eigenvalue weighted by atomic mass is 10.1. The summed E-state index contributed by atoms with van der Waals surface area (Å²) in [6, 6.07) is 0. The maximum atomic E-state index is 10.7. The minimum Gasteiger partial charge on any atom is -0.462 e. The van der Waals surface area contributed by atoms with Gasteiger partial charge in [0.05, 0.1) is 19.7 Å². The molecule has 1 saturated heterocycles. The highest BCUT2D eigenvalue weighted by Crippen LogP contribution is 2.04. The van der Waals surface area contributed by atoms with E-state index in [0.717, 1.165) is 39.1 Å². The van der Waals surface area contributed by atoms with E-state index >= 15 is 0 Å². The average molecular weight is 202 g/mol. The van der Waals surface area contributed by atoms with Crippen LogP contribution in [0.5, 0.6) is 0 Å². The standard InChI is InChI=1S/C10H19NO3/c1-9(12)14-10-3-5-11(6-4-10)7-8-13-2/h10H,3-8H2,1-2H3/p+1. The van der Waals surface area contributed by atoms with Gasteiger partial charge in [-0.3, -0.25) is 4.79 Å². The Morgan fingerprint density at radius 3 is 2.57 bits per heavy atom. The van der Waals surface area contributed by atoms with E-state index in [4.69, 9.17) is 9.47 Å². The molecule has 1 N–H and O–H groups in total. The number of hydrogen-bond donors (Lipinski definition) is 1. The maximum Gasteiger partial charge on any atom is 0.302 e. The molecule has 1 rings (SSSR count). The van der Waals surface area contributed by atoms with Crippen LogP contribution in [0, 0.1) is 0 Å². The second-order valence-electron chi connectivity index (χ2n) is 3.80. The van der Waals surface area contributed by atoms with Gasteiger partial charge in [-0.15, -0.1) is 0 Å². The molecule has 0 unspecified atom stereocenters. The van der Waals surface area contributed by atoms with Crippen LogP contribution < -0.4 is 4.90 Å². The number of carbonyl (C=O) groups is 1. The third-order valence-corrected chi connectivity index (χ3v) is 2.63. The van der Waals surface area contributed by atoms with Crippen LogP contribution in [0.15, 0.2) is 0 Å². The number of esters is 1. The molecule has 1 aliphatic rings. The zero-order chi connectivity index (χ0) is 10.4. The van der Waals surface area contributed by atoms with Gasteiger partial charge in [0.2, 0.25) is 0 Å². The molecule has 0 aromatic heterocycles. The first kappa shape index (κ1) is 11.5. The van der Waals surface area contributed by atoms with Crippen molar-refractivity contribution in [3.8, 4) is 0 Å². The van der Waals surface area contributed by atoms with Crippen molar-refractivity contribution < 1.29 is 19.2 Å². The van der Waals surface area contributed by atoms with Crippen LogP contribution in [0.2, 0.25) is 0 Å². The number of quaternary nitrogens is 1. The Kier molecular flexibility index (Phi) is 4.90. The summed E-state index contributed by atoms with van der Waals surface area (Å²) in [5.74, 6) is -0.157.